The van der Waals surface area contributed by atoms with E-state index in [9.17, 15) is 9.59 Å². The molecule has 0 saturated carbocycles. The highest BCUT2D eigenvalue weighted by Gasteiger charge is 2.40. The molecule has 7 nitrogen and oxygen atoms in total. The lowest BCUT2D eigenvalue weighted by atomic mass is 9.99. The van der Waals surface area contributed by atoms with Gasteiger partial charge in [0, 0.05) is 44.3 Å². The first-order chi connectivity index (χ1) is 29.2. The molecule has 356 valence electrons. The summed E-state index contributed by atoms with van der Waals surface area (Å²) in [5, 5.41) is 0. The van der Waals surface area contributed by atoms with E-state index in [0.29, 0.717) is 38.1 Å². The molecule has 0 spiro atoms. The van der Waals surface area contributed by atoms with Crippen LogP contribution in [-0.4, -0.2) is 66.7 Å². The lowest BCUT2D eigenvalue weighted by Crippen LogP contribution is -2.39. The van der Waals surface area contributed by atoms with Gasteiger partial charge in [0.25, 0.3) is 0 Å². The molecule has 1 fully saturated rings. The lowest BCUT2D eigenvalue weighted by Gasteiger charge is -2.32. The normalized spacial score (nSPS) is 16.9. The van der Waals surface area contributed by atoms with Crippen molar-refractivity contribution in [3.8, 4) is 0 Å². The van der Waals surface area contributed by atoms with Gasteiger partial charge in [-0.3, -0.25) is 14.5 Å². The molecule has 1 aliphatic rings. The number of carbonyl (C=O) groups is 2. The molecule has 1 aliphatic heterocycles. The fourth-order valence-electron chi connectivity index (χ4n) is 9.07. The van der Waals surface area contributed by atoms with Crippen LogP contribution in [0, 0.1) is 0 Å². The van der Waals surface area contributed by atoms with Gasteiger partial charge in [-0.1, -0.05) is 162 Å². The van der Waals surface area contributed by atoms with Crippen LogP contribution < -0.4 is 0 Å². The van der Waals surface area contributed by atoms with Gasteiger partial charge in [-0.25, -0.2) is 0 Å². The van der Waals surface area contributed by atoms with E-state index >= 15 is 0 Å². The Hall–Kier alpha value is -1.18. The molecule has 1 heterocycles. The van der Waals surface area contributed by atoms with E-state index in [-0.39, 0.29) is 24.1 Å². The average molecular weight is 850 g/mol. The van der Waals surface area contributed by atoms with Crippen LogP contribution in [0.15, 0.2) is 0 Å². The molecule has 2 atom stereocenters. The highest BCUT2D eigenvalue weighted by Crippen LogP contribution is 2.36. The first-order valence-electron chi connectivity index (χ1n) is 26.6. The Labute approximate surface area is 373 Å². The summed E-state index contributed by atoms with van der Waals surface area (Å²) in [7, 11) is 0. The second-order valence-electron chi connectivity index (χ2n) is 19.3. The monoisotopic (exact) mass is 850 g/mol. The molecule has 0 aliphatic carbocycles. The highest BCUT2D eigenvalue weighted by molar-refractivity contribution is 5.69. The Morgan fingerprint density at radius 3 is 1.47 bits per heavy atom. The van der Waals surface area contributed by atoms with Crippen molar-refractivity contribution in [1.82, 2.24) is 4.90 Å². The zero-order valence-electron chi connectivity index (χ0n) is 41.3. The van der Waals surface area contributed by atoms with Crippen LogP contribution in [0.3, 0.4) is 0 Å². The molecule has 1 saturated heterocycles. The van der Waals surface area contributed by atoms with E-state index in [2.05, 4.69) is 53.4 Å². The van der Waals surface area contributed by atoms with Crippen LogP contribution in [0.25, 0.3) is 0 Å². The number of carbonyl (C=O) groups excluding carboxylic acids is 2. The Balaban J connectivity index is 2.46. The summed E-state index contributed by atoms with van der Waals surface area (Å²) in [4.78, 5) is 27.9. The van der Waals surface area contributed by atoms with Crippen LogP contribution in [0.4, 0.5) is 0 Å². The molecule has 0 aromatic rings. The Morgan fingerprint density at radius 2 is 0.967 bits per heavy atom. The van der Waals surface area contributed by atoms with Crippen molar-refractivity contribution in [3.05, 3.63) is 0 Å². The minimum absolute atomic E-state index is 0.00952. The summed E-state index contributed by atoms with van der Waals surface area (Å²) >= 11 is 0. The van der Waals surface area contributed by atoms with Crippen LogP contribution in [0.1, 0.15) is 280 Å². The molecule has 7 heteroatoms. The molecule has 0 N–H and O–H groups in total. The van der Waals surface area contributed by atoms with Crippen LogP contribution >= 0.6 is 0 Å². The number of ether oxygens (including phenoxy) is 4. The number of hydrogen-bond donors (Lipinski definition) is 0. The Bertz CT molecular complexity index is 949. The number of unbranched alkanes of at least 4 members (excludes halogenated alkanes) is 24. The van der Waals surface area contributed by atoms with Crippen molar-refractivity contribution >= 4 is 11.9 Å². The van der Waals surface area contributed by atoms with Gasteiger partial charge in [0.1, 0.15) is 6.10 Å². The smallest absolute Gasteiger partial charge is 0.306 e. The van der Waals surface area contributed by atoms with Crippen molar-refractivity contribution in [2.45, 2.75) is 310 Å². The third kappa shape index (κ3) is 31.6. The van der Waals surface area contributed by atoms with Gasteiger partial charge < -0.3 is 18.9 Å². The van der Waals surface area contributed by atoms with Gasteiger partial charge in [0.15, 0.2) is 5.79 Å². The highest BCUT2D eigenvalue weighted by atomic mass is 16.7. The number of hydrogen-bond acceptors (Lipinski definition) is 7. The fraction of sp³-hybridized carbons (Fsp3) is 0.962. The minimum Gasteiger partial charge on any atom is -0.466 e. The summed E-state index contributed by atoms with van der Waals surface area (Å²) in [6.07, 6.45) is 40.9. The number of nitrogens with zero attached hydrogens (tertiary/aromatic N) is 1. The van der Waals surface area contributed by atoms with Gasteiger partial charge in [0.05, 0.1) is 19.3 Å². The Kier molecular flexibility index (Phi) is 37.3. The average Bonchev–Trinajstić information content (AvgIpc) is 3.62. The second kappa shape index (κ2) is 39.4. The van der Waals surface area contributed by atoms with Gasteiger partial charge in [0.2, 0.25) is 0 Å². The lowest BCUT2D eigenvalue weighted by molar-refractivity contribution is -0.180. The van der Waals surface area contributed by atoms with E-state index in [4.69, 9.17) is 18.9 Å². The van der Waals surface area contributed by atoms with Gasteiger partial charge >= 0.3 is 11.9 Å². The molecule has 0 bridgehead atoms. The van der Waals surface area contributed by atoms with E-state index in [1.165, 1.54) is 122 Å². The van der Waals surface area contributed by atoms with Gasteiger partial charge in [-0.05, 0) is 91.9 Å². The summed E-state index contributed by atoms with van der Waals surface area (Å²) in [6.45, 7) is 18.1. The first-order valence-corrected chi connectivity index (χ1v) is 26.6. The van der Waals surface area contributed by atoms with Gasteiger partial charge in [-0.2, -0.15) is 0 Å². The zero-order chi connectivity index (χ0) is 43.9. The molecular weight excluding hydrogens is 747 g/mol. The quantitative estimate of drug-likeness (QED) is 0.0446. The van der Waals surface area contributed by atoms with Gasteiger partial charge in [-0.15, -0.1) is 0 Å². The second-order valence-corrected chi connectivity index (χ2v) is 19.3. The maximum Gasteiger partial charge on any atom is 0.306 e. The summed E-state index contributed by atoms with van der Waals surface area (Å²) in [5.74, 6) is -0.561. The molecule has 0 aromatic heterocycles. The fourth-order valence-corrected chi connectivity index (χ4v) is 9.07. The maximum atomic E-state index is 12.9. The first kappa shape index (κ1) is 56.8. The van der Waals surface area contributed by atoms with Crippen molar-refractivity contribution < 1.29 is 28.5 Å². The standard InChI is InChI=1S/C53H103NO6/c1-8-11-14-17-20-21-22-28-36-45-57-51(55)39-33-29-35-43-53(58-46-50(60-53)41-44-54(47(4)5)48(6)7)42-34-27-23-26-32-40-52(56)59-49(37-30-24-18-15-12-9-2)38-31-25-19-16-13-10-3/h47-50H,8-46H2,1-7H3. The molecule has 60 heavy (non-hydrogen) atoms. The molecular formula is C53H103NO6. The van der Waals surface area contributed by atoms with Crippen LogP contribution in [-0.2, 0) is 28.5 Å². The third-order valence-electron chi connectivity index (χ3n) is 12.9. The Morgan fingerprint density at radius 1 is 0.550 bits per heavy atom. The molecule has 0 radical (unpaired) electrons. The molecule has 1 rings (SSSR count). The topological polar surface area (TPSA) is 74.3 Å². The maximum absolute atomic E-state index is 12.9. The minimum atomic E-state index is -0.521. The van der Waals surface area contributed by atoms with E-state index in [1.54, 1.807) is 0 Å². The van der Waals surface area contributed by atoms with E-state index < -0.39 is 5.79 Å². The van der Waals surface area contributed by atoms with Crippen LogP contribution in [0.5, 0.6) is 0 Å². The predicted molar refractivity (Wildman–Crippen MR) is 255 cm³/mol. The van der Waals surface area contributed by atoms with E-state index in [0.717, 1.165) is 103 Å². The van der Waals surface area contributed by atoms with Crippen molar-refractivity contribution in [3.63, 3.8) is 0 Å². The SMILES string of the molecule is CCCCCCCCCCCOC(=O)CCCCCC1(CCCCCCCC(=O)OC(CCCCCCCC)CCCCCCCC)OCC(CCN(C(C)C)C(C)C)O1. The molecule has 0 amide bonds. The number of rotatable bonds is 44. The predicted octanol–water partition coefficient (Wildman–Crippen LogP) is 15.8. The third-order valence-corrected chi connectivity index (χ3v) is 12.9. The van der Waals surface area contributed by atoms with Crippen molar-refractivity contribution in [2.75, 3.05) is 19.8 Å². The summed E-state index contributed by atoms with van der Waals surface area (Å²) in [5.41, 5.74) is 0. The summed E-state index contributed by atoms with van der Waals surface area (Å²) < 4.78 is 25.0. The molecule has 0 aromatic carbocycles. The zero-order valence-corrected chi connectivity index (χ0v) is 41.3. The van der Waals surface area contributed by atoms with Crippen molar-refractivity contribution in [1.29, 1.82) is 0 Å². The largest absolute Gasteiger partial charge is 0.466 e. The van der Waals surface area contributed by atoms with Crippen molar-refractivity contribution in [2.24, 2.45) is 0 Å². The molecule has 2 unspecified atom stereocenters. The number of esters is 2. The van der Waals surface area contributed by atoms with E-state index in [1.807, 2.05) is 0 Å². The van der Waals surface area contributed by atoms with Crippen LogP contribution in [0.2, 0.25) is 0 Å². The summed E-state index contributed by atoms with van der Waals surface area (Å²) in [6, 6.07) is 1.01.